The van der Waals surface area contributed by atoms with Gasteiger partial charge in [-0.3, -0.25) is 0 Å². The second kappa shape index (κ2) is 6.27. The molecule has 22 heavy (non-hydrogen) atoms. The van der Waals surface area contributed by atoms with E-state index in [0.717, 1.165) is 17.1 Å². The minimum absolute atomic E-state index is 0.542. The first-order valence-corrected chi connectivity index (χ1v) is 8.83. The first-order chi connectivity index (χ1) is 10.9. The second-order valence-corrected chi connectivity index (χ2v) is 6.90. The number of hydrogen-bond acceptors (Lipinski definition) is 4. The van der Waals surface area contributed by atoms with Gasteiger partial charge in [0.05, 0.1) is 0 Å². The van der Waals surface area contributed by atoms with Gasteiger partial charge in [-0.1, -0.05) is 48.8 Å². The highest BCUT2D eigenvalue weighted by atomic mass is 16.5. The Morgan fingerprint density at radius 1 is 0.818 bits per heavy atom. The number of nitrogens with zero attached hydrogens (tertiary/aromatic N) is 2. The Balaban J connectivity index is 1.57. The fourth-order valence-corrected chi connectivity index (χ4v) is 4.12. The van der Waals surface area contributed by atoms with Crippen LogP contribution in [0, 0.1) is 0 Å². The van der Waals surface area contributed by atoms with Crippen LogP contribution in [0.5, 0.6) is 0 Å². The molecule has 2 aliphatic carbocycles. The summed E-state index contributed by atoms with van der Waals surface area (Å²) in [6.07, 6.45) is 14.7. The van der Waals surface area contributed by atoms with Gasteiger partial charge >= 0.3 is 0 Å². The standard InChI is InChI=1S/C18H24N2O2/c1-3-7-13(8-4-1)15-12-21-20-18(15)16-11-17(22-19-16)14-9-5-2-6-10-14/h11-14H,1-10H2. The van der Waals surface area contributed by atoms with Gasteiger partial charge in [0.15, 0.2) is 0 Å². The van der Waals surface area contributed by atoms with E-state index in [1.165, 1.54) is 69.8 Å². The summed E-state index contributed by atoms with van der Waals surface area (Å²) in [5.41, 5.74) is 2.98. The average molecular weight is 300 g/mol. The van der Waals surface area contributed by atoms with Crippen LogP contribution in [-0.4, -0.2) is 10.3 Å². The van der Waals surface area contributed by atoms with Gasteiger partial charge in [0.25, 0.3) is 0 Å². The zero-order valence-corrected chi connectivity index (χ0v) is 13.1. The van der Waals surface area contributed by atoms with E-state index in [0.29, 0.717) is 11.8 Å². The van der Waals surface area contributed by atoms with E-state index in [1.807, 2.05) is 6.26 Å². The summed E-state index contributed by atoms with van der Waals surface area (Å²) < 4.78 is 10.9. The largest absolute Gasteiger partial charge is 0.364 e. The van der Waals surface area contributed by atoms with Gasteiger partial charge in [-0.2, -0.15) is 0 Å². The zero-order chi connectivity index (χ0) is 14.8. The van der Waals surface area contributed by atoms with E-state index in [1.54, 1.807) is 0 Å². The van der Waals surface area contributed by atoms with Gasteiger partial charge in [0.2, 0.25) is 0 Å². The lowest BCUT2D eigenvalue weighted by atomic mass is 9.84. The molecule has 118 valence electrons. The summed E-state index contributed by atoms with van der Waals surface area (Å²) in [6, 6.07) is 2.10. The molecule has 0 atom stereocenters. The van der Waals surface area contributed by atoms with Crippen molar-refractivity contribution in [2.24, 2.45) is 0 Å². The molecule has 0 amide bonds. The smallest absolute Gasteiger partial charge is 0.140 e. The molecule has 2 saturated carbocycles. The van der Waals surface area contributed by atoms with Crippen LogP contribution in [-0.2, 0) is 0 Å². The van der Waals surface area contributed by atoms with Gasteiger partial charge in [-0.15, -0.1) is 0 Å². The van der Waals surface area contributed by atoms with Gasteiger partial charge in [0.1, 0.15) is 23.4 Å². The summed E-state index contributed by atoms with van der Waals surface area (Å²) in [5, 5.41) is 8.51. The molecule has 0 N–H and O–H groups in total. The second-order valence-electron chi connectivity index (χ2n) is 6.90. The summed E-state index contributed by atoms with van der Waals surface area (Å²) in [6.45, 7) is 0. The van der Waals surface area contributed by atoms with Gasteiger partial charge in [0, 0.05) is 17.5 Å². The fourth-order valence-electron chi connectivity index (χ4n) is 4.12. The fraction of sp³-hybridized carbons (Fsp3) is 0.667. The van der Waals surface area contributed by atoms with Crippen LogP contribution in [0.15, 0.2) is 21.4 Å². The highest BCUT2D eigenvalue weighted by Gasteiger charge is 2.26. The SMILES string of the molecule is c1c(-c2nocc2C2CCCCC2)noc1C1CCCCC1. The highest BCUT2D eigenvalue weighted by Crippen LogP contribution is 2.39. The molecule has 2 aliphatic rings. The van der Waals surface area contributed by atoms with Crippen molar-refractivity contribution in [3.8, 4) is 11.4 Å². The third-order valence-electron chi connectivity index (χ3n) is 5.42. The van der Waals surface area contributed by atoms with Crippen molar-refractivity contribution >= 4 is 0 Å². The first-order valence-electron chi connectivity index (χ1n) is 8.83. The van der Waals surface area contributed by atoms with E-state index in [-0.39, 0.29) is 0 Å². The molecule has 0 unspecified atom stereocenters. The Morgan fingerprint density at radius 3 is 2.23 bits per heavy atom. The molecule has 2 aromatic rings. The van der Waals surface area contributed by atoms with Crippen LogP contribution in [0.4, 0.5) is 0 Å². The molecule has 0 radical (unpaired) electrons. The Hall–Kier alpha value is -1.58. The van der Waals surface area contributed by atoms with E-state index in [2.05, 4.69) is 16.4 Å². The molecular weight excluding hydrogens is 276 g/mol. The van der Waals surface area contributed by atoms with Crippen molar-refractivity contribution < 1.29 is 9.05 Å². The van der Waals surface area contributed by atoms with E-state index in [4.69, 9.17) is 9.05 Å². The number of hydrogen-bond donors (Lipinski definition) is 0. The molecule has 2 aromatic heterocycles. The van der Waals surface area contributed by atoms with Crippen LogP contribution in [0.3, 0.4) is 0 Å². The Bertz CT molecular complexity index is 604. The number of aromatic nitrogens is 2. The Kier molecular flexibility index (Phi) is 4.00. The van der Waals surface area contributed by atoms with Gasteiger partial charge in [-0.25, -0.2) is 0 Å². The molecule has 0 aromatic carbocycles. The Morgan fingerprint density at radius 2 is 1.50 bits per heavy atom. The monoisotopic (exact) mass is 300 g/mol. The molecule has 2 fully saturated rings. The summed E-state index contributed by atoms with van der Waals surface area (Å²) >= 11 is 0. The van der Waals surface area contributed by atoms with Crippen molar-refractivity contribution in [1.29, 1.82) is 0 Å². The molecule has 0 aliphatic heterocycles. The number of rotatable bonds is 3. The lowest BCUT2D eigenvalue weighted by Crippen LogP contribution is -2.05. The van der Waals surface area contributed by atoms with Crippen molar-refractivity contribution in [3.05, 3.63) is 23.7 Å². The van der Waals surface area contributed by atoms with Crippen LogP contribution >= 0.6 is 0 Å². The van der Waals surface area contributed by atoms with Crippen molar-refractivity contribution in [1.82, 2.24) is 10.3 Å². The van der Waals surface area contributed by atoms with Gasteiger partial charge < -0.3 is 9.05 Å². The summed E-state index contributed by atoms with van der Waals surface area (Å²) in [5.74, 6) is 2.15. The quantitative estimate of drug-likeness (QED) is 0.759. The maximum atomic E-state index is 5.64. The molecule has 0 spiro atoms. The predicted octanol–water partition coefficient (Wildman–Crippen LogP) is 5.43. The maximum absolute atomic E-state index is 5.64. The summed E-state index contributed by atoms with van der Waals surface area (Å²) in [7, 11) is 0. The molecular formula is C18H24N2O2. The minimum atomic E-state index is 0.542. The van der Waals surface area contributed by atoms with Gasteiger partial charge in [-0.05, 0) is 31.6 Å². The van der Waals surface area contributed by atoms with Crippen LogP contribution in [0.1, 0.15) is 87.4 Å². The predicted molar refractivity (Wildman–Crippen MR) is 83.7 cm³/mol. The molecule has 4 nitrogen and oxygen atoms in total. The van der Waals surface area contributed by atoms with E-state index in [9.17, 15) is 0 Å². The normalized spacial score (nSPS) is 21.3. The molecule has 0 bridgehead atoms. The van der Waals surface area contributed by atoms with Crippen LogP contribution < -0.4 is 0 Å². The molecule has 2 heterocycles. The van der Waals surface area contributed by atoms with Crippen molar-refractivity contribution in [2.45, 2.75) is 76.0 Å². The van der Waals surface area contributed by atoms with Crippen LogP contribution in [0.25, 0.3) is 11.4 Å². The minimum Gasteiger partial charge on any atom is -0.364 e. The third-order valence-corrected chi connectivity index (χ3v) is 5.42. The van der Waals surface area contributed by atoms with E-state index < -0.39 is 0 Å². The average Bonchev–Trinajstić information content (AvgIpc) is 3.25. The lowest BCUT2D eigenvalue weighted by Gasteiger charge is -2.20. The molecule has 4 rings (SSSR count). The van der Waals surface area contributed by atoms with Crippen molar-refractivity contribution in [3.63, 3.8) is 0 Å². The zero-order valence-electron chi connectivity index (χ0n) is 13.1. The lowest BCUT2D eigenvalue weighted by molar-refractivity contribution is 0.322. The maximum Gasteiger partial charge on any atom is 0.140 e. The van der Waals surface area contributed by atoms with Crippen molar-refractivity contribution in [2.75, 3.05) is 0 Å². The Labute approximate surface area is 131 Å². The first kappa shape index (κ1) is 14.0. The third kappa shape index (κ3) is 2.71. The van der Waals surface area contributed by atoms with Crippen LogP contribution in [0.2, 0.25) is 0 Å². The molecule has 4 heteroatoms. The molecule has 0 saturated heterocycles. The summed E-state index contributed by atoms with van der Waals surface area (Å²) in [4.78, 5) is 0. The van der Waals surface area contributed by atoms with E-state index >= 15 is 0 Å². The highest BCUT2D eigenvalue weighted by molar-refractivity contribution is 5.58. The topological polar surface area (TPSA) is 52.1 Å².